The van der Waals surface area contributed by atoms with E-state index < -0.39 is 8.07 Å². The SMILES string of the molecule is CCCCCCc1ccc(-c2ccc(-c3ccc(-c4c[c-]c(-c5cc6c(s5)-c5sc(-c7[c-]cc(-c8ccc(-c9ccc(-c%10ccc(CCCCCC)s%10)s9)s8)c8nsnc78)cc5[Si]6(CC(CC)CCCC)CC(CC)CCCC)c5nsnc45)s3)s2)s1.[W].[W]. The Kier molecular flexibility index (Phi) is 23.7. The molecular weight excluding hydrogens is 1640 g/mol. The molecular formula is C72H76N4S10SiW2-2. The molecule has 89 heavy (non-hydrogen) atoms. The molecule has 2 unspecified atom stereocenters. The van der Waals surface area contributed by atoms with Gasteiger partial charge in [-0.3, -0.25) is 0 Å². The van der Waals surface area contributed by atoms with Crippen molar-refractivity contribution in [3.8, 4) is 90.5 Å². The van der Waals surface area contributed by atoms with E-state index in [4.69, 9.17) is 17.5 Å². The van der Waals surface area contributed by atoms with Crippen LogP contribution in [0.5, 0.6) is 0 Å². The smallest absolute Gasteiger partial charge is 0.120 e. The summed E-state index contributed by atoms with van der Waals surface area (Å²) >= 11 is 18.1. The van der Waals surface area contributed by atoms with Crippen molar-refractivity contribution < 1.29 is 42.1 Å². The molecule has 2 aromatic carbocycles. The Morgan fingerprint density at radius 3 is 1.10 bits per heavy atom. The standard InChI is InChI=1S/C72H76N4S10Si.2W/c1-7-13-17-19-23-47-25-31-55(77-47)57-37-39-61(81-57)59-35-33-53(79-59)49-27-29-51(69-67(49)73-85-75-69)63-41-65-71(83-63)72-66(87(65,43-45(11-5)21-15-9-3)44-46(12-6)22-16-10-4)42-64(84-72)52-30-28-50(68-70(52)76-86-74-68)54-34-36-60(80-54)62-40-38-58(82-62)56-32-26-48(78-56)24-20-18-14-8-2;;/h25-28,31-42,45-46H,7-24,43-44H2,1-6H3;;/q-2;;. The van der Waals surface area contributed by atoms with Crippen LogP contribution in [0.1, 0.15) is 154 Å². The van der Waals surface area contributed by atoms with E-state index in [0.29, 0.717) is 11.8 Å². The van der Waals surface area contributed by atoms with Gasteiger partial charge in [-0.2, -0.15) is 31.4 Å². The fraction of sp³-hybridized carbons (Fsp3) is 0.389. The van der Waals surface area contributed by atoms with Gasteiger partial charge in [-0.25, -0.2) is 8.75 Å². The second-order valence-electron chi connectivity index (χ2n) is 23.9. The summed E-state index contributed by atoms with van der Waals surface area (Å²) in [5.41, 5.74) is 8.37. The van der Waals surface area contributed by atoms with Gasteiger partial charge in [-0.1, -0.05) is 167 Å². The molecule has 0 spiro atoms. The van der Waals surface area contributed by atoms with Crippen molar-refractivity contribution in [3.63, 3.8) is 0 Å². The molecule has 10 aromatic heterocycles. The van der Waals surface area contributed by atoms with Gasteiger partial charge >= 0.3 is 0 Å². The third kappa shape index (κ3) is 14.3. The van der Waals surface area contributed by atoms with Crippen LogP contribution in [0.2, 0.25) is 12.1 Å². The first-order valence-corrected chi connectivity index (χ1v) is 42.4. The number of nitrogens with zero attached hydrogens (tertiary/aromatic N) is 4. The summed E-state index contributed by atoms with van der Waals surface area (Å²) in [6.07, 6.45) is 22.9. The second kappa shape index (κ2) is 31.2. The van der Waals surface area contributed by atoms with E-state index in [1.807, 2.05) is 90.7 Å². The fourth-order valence-corrected chi connectivity index (χ4v) is 31.2. The summed E-state index contributed by atoms with van der Waals surface area (Å²) in [5, 5.41) is 3.34. The molecule has 12 aromatic rings. The van der Waals surface area contributed by atoms with Gasteiger partial charge in [-0.15, -0.1) is 103 Å². The van der Waals surface area contributed by atoms with Crippen molar-refractivity contribution in [1.29, 1.82) is 0 Å². The van der Waals surface area contributed by atoms with Crippen molar-refractivity contribution >= 4 is 155 Å². The molecule has 4 nitrogen and oxygen atoms in total. The quantitative estimate of drug-likeness (QED) is 0.0256. The predicted octanol–water partition coefficient (Wildman–Crippen LogP) is 25.3. The topological polar surface area (TPSA) is 51.6 Å². The van der Waals surface area contributed by atoms with Crippen LogP contribution in [0.4, 0.5) is 0 Å². The van der Waals surface area contributed by atoms with Crippen LogP contribution < -0.4 is 10.4 Å². The van der Waals surface area contributed by atoms with Crippen LogP contribution in [0.25, 0.3) is 113 Å². The number of rotatable bonds is 30. The zero-order valence-electron chi connectivity index (χ0n) is 51.7. The van der Waals surface area contributed by atoms with E-state index in [1.54, 1.807) is 10.4 Å². The Bertz CT molecular complexity index is 3980. The van der Waals surface area contributed by atoms with E-state index in [2.05, 4.69) is 151 Å². The zero-order chi connectivity index (χ0) is 59.4. The molecule has 0 fully saturated rings. The van der Waals surface area contributed by atoms with Crippen molar-refractivity contribution in [2.24, 2.45) is 11.8 Å². The Balaban J connectivity index is 0.00000408. The summed E-state index contributed by atoms with van der Waals surface area (Å²) in [5.74, 6) is 1.36. The molecule has 0 N–H and O–H groups in total. The van der Waals surface area contributed by atoms with Gasteiger partial charge in [-0.05, 0) is 140 Å². The van der Waals surface area contributed by atoms with Crippen molar-refractivity contribution in [2.75, 3.05) is 0 Å². The van der Waals surface area contributed by atoms with Gasteiger partial charge in [0.1, 0.15) is 8.07 Å². The molecule has 0 saturated carbocycles. The largest absolute Gasteiger partial charge is 0.224 e. The van der Waals surface area contributed by atoms with Crippen molar-refractivity contribution in [1.82, 2.24) is 17.5 Å². The Morgan fingerprint density at radius 2 is 0.719 bits per heavy atom. The molecule has 13 rings (SSSR count). The van der Waals surface area contributed by atoms with Gasteiger partial charge in [0.15, 0.2) is 0 Å². The Hall–Kier alpha value is -2.73. The number of benzene rings is 2. The average Bonchev–Trinajstić information content (AvgIpc) is 1.55. The van der Waals surface area contributed by atoms with Gasteiger partial charge in [0.05, 0.1) is 23.5 Å². The first kappa shape index (κ1) is 67.7. The minimum Gasteiger partial charge on any atom is -0.224 e. The molecule has 0 aliphatic carbocycles. The zero-order valence-corrected chi connectivity index (χ0v) is 66.8. The maximum Gasteiger partial charge on any atom is 0.120 e. The van der Waals surface area contributed by atoms with Crippen LogP contribution in [0.15, 0.2) is 97.1 Å². The summed E-state index contributed by atoms with van der Waals surface area (Å²) in [6.45, 7) is 14.2. The number of fused-ring (bicyclic) bond motifs is 5. The predicted molar refractivity (Wildman–Crippen MR) is 395 cm³/mol. The first-order valence-electron chi connectivity index (χ1n) is 32.0. The molecule has 2 atom stereocenters. The molecule has 0 bridgehead atoms. The van der Waals surface area contributed by atoms with Crippen LogP contribution in [0, 0.1) is 24.0 Å². The molecule has 11 heterocycles. The third-order valence-corrected chi connectivity index (χ3v) is 34.8. The maximum atomic E-state index is 5.12. The minimum absolute atomic E-state index is 0. The molecule has 0 saturated heterocycles. The van der Waals surface area contributed by atoms with E-state index in [1.165, 1.54) is 229 Å². The summed E-state index contributed by atoms with van der Waals surface area (Å²) in [4.78, 5) is 21.7. The van der Waals surface area contributed by atoms with E-state index in [9.17, 15) is 0 Å². The van der Waals surface area contributed by atoms with E-state index in [0.717, 1.165) is 44.3 Å². The Morgan fingerprint density at radius 1 is 0.371 bits per heavy atom. The first-order chi connectivity index (χ1) is 42.8. The molecule has 0 radical (unpaired) electrons. The molecule has 17 heteroatoms. The number of aromatic nitrogens is 4. The van der Waals surface area contributed by atoms with Gasteiger partial charge < -0.3 is 0 Å². The molecule has 1 aliphatic rings. The Labute approximate surface area is 598 Å². The molecule has 462 valence electrons. The van der Waals surface area contributed by atoms with Crippen LogP contribution in [0.3, 0.4) is 0 Å². The number of hydrogen-bond donors (Lipinski definition) is 0. The monoisotopic (exact) mass is 1710 g/mol. The molecule has 1 aliphatic heterocycles. The number of thiophene rings is 8. The van der Waals surface area contributed by atoms with Crippen LogP contribution >= 0.6 is 114 Å². The minimum atomic E-state index is -2.38. The average molecular weight is 1710 g/mol. The fourth-order valence-electron chi connectivity index (χ4n) is 13.2. The van der Waals surface area contributed by atoms with Gasteiger partial charge in [0.2, 0.25) is 0 Å². The van der Waals surface area contributed by atoms with Crippen molar-refractivity contribution in [2.45, 2.75) is 169 Å². The summed E-state index contributed by atoms with van der Waals surface area (Å²) in [7, 11) is -2.38. The van der Waals surface area contributed by atoms with E-state index in [-0.39, 0.29) is 42.1 Å². The van der Waals surface area contributed by atoms with Crippen LogP contribution in [-0.2, 0) is 55.0 Å². The summed E-state index contributed by atoms with van der Waals surface area (Å²) in [6, 6.07) is 48.0. The second-order valence-corrected chi connectivity index (χ2v) is 37.8. The van der Waals surface area contributed by atoms with Crippen molar-refractivity contribution in [3.05, 3.63) is 119 Å². The number of unbranched alkanes of at least 4 members (excludes halogenated alkanes) is 8. The van der Waals surface area contributed by atoms with Gasteiger partial charge in [0.25, 0.3) is 0 Å². The van der Waals surface area contributed by atoms with Crippen LogP contribution in [-0.4, -0.2) is 25.6 Å². The maximum absolute atomic E-state index is 5.12. The van der Waals surface area contributed by atoms with E-state index >= 15 is 0 Å². The van der Waals surface area contributed by atoms with Gasteiger partial charge in [0, 0.05) is 123 Å². The number of hydrogen-bond acceptors (Lipinski definition) is 14. The normalized spacial score (nSPS) is 13.3. The molecule has 0 amide bonds. The third-order valence-electron chi connectivity index (χ3n) is 18.0. The number of aryl methyl sites for hydroxylation is 2. The summed E-state index contributed by atoms with van der Waals surface area (Å²) < 4.78 is 20.4.